The average Bonchev–Trinajstić information content (AvgIpc) is 2.44. The molecular weight excluding hydrogens is 280 g/mol. The Morgan fingerprint density at radius 2 is 1.86 bits per heavy atom. The van der Waals surface area contributed by atoms with Crippen LogP contribution >= 0.6 is 0 Å². The molecule has 0 saturated heterocycles. The number of carboxylic acid groups (broad SMARTS) is 1. The van der Waals surface area contributed by atoms with E-state index in [0.717, 1.165) is 32.1 Å². The van der Waals surface area contributed by atoms with Gasteiger partial charge in [-0.2, -0.15) is 0 Å². The second-order valence-corrected chi connectivity index (χ2v) is 5.15. The molecule has 0 aromatic heterocycles. The zero-order valence-electron chi connectivity index (χ0n) is 11.8. The molecule has 5 N–H and O–H groups in total. The van der Waals surface area contributed by atoms with Gasteiger partial charge in [-0.1, -0.05) is 6.42 Å². The minimum Gasteiger partial charge on any atom is -0.481 e. The lowest BCUT2D eigenvalue weighted by Crippen LogP contribution is -2.51. The van der Waals surface area contributed by atoms with Gasteiger partial charge in [0, 0.05) is 0 Å². The summed E-state index contributed by atoms with van der Waals surface area (Å²) in [5.74, 6) is -2.75. The van der Waals surface area contributed by atoms with Crippen molar-refractivity contribution in [3.8, 4) is 0 Å². The summed E-state index contributed by atoms with van der Waals surface area (Å²) in [7, 11) is 0. The van der Waals surface area contributed by atoms with Crippen molar-refractivity contribution >= 4 is 17.8 Å². The molecule has 0 heterocycles. The molecule has 1 rings (SSSR count). The largest absolute Gasteiger partial charge is 0.481 e. The maximum Gasteiger partial charge on any atom is 0.331 e. The molecular formula is C13H22N2O6. The van der Waals surface area contributed by atoms with Gasteiger partial charge in [0.15, 0.2) is 6.04 Å². The van der Waals surface area contributed by atoms with Gasteiger partial charge in [-0.25, -0.2) is 4.79 Å². The van der Waals surface area contributed by atoms with Crippen molar-refractivity contribution in [3.63, 3.8) is 0 Å². The molecule has 2 atom stereocenters. The third-order valence-corrected chi connectivity index (χ3v) is 3.35. The Kier molecular flexibility index (Phi) is 7.10. The third kappa shape index (κ3) is 6.09. The molecule has 120 valence electrons. The maximum absolute atomic E-state index is 11.9. The van der Waals surface area contributed by atoms with E-state index in [-0.39, 0.29) is 6.10 Å². The predicted molar refractivity (Wildman–Crippen MR) is 72.2 cm³/mol. The lowest BCUT2D eigenvalue weighted by atomic mass is 9.98. The number of rotatable bonds is 7. The van der Waals surface area contributed by atoms with E-state index >= 15 is 0 Å². The molecule has 8 heteroatoms. The highest BCUT2D eigenvalue weighted by atomic mass is 16.5. The number of amides is 1. The van der Waals surface area contributed by atoms with Crippen LogP contribution in [0, 0.1) is 0 Å². The molecule has 0 aromatic carbocycles. The highest BCUT2D eigenvalue weighted by Gasteiger charge is 2.27. The molecule has 0 unspecified atom stereocenters. The molecule has 1 aliphatic carbocycles. The van der Waals surface area contributed by atoms with Crippen LogP contribution in [0.4, 0.5) is 0 Å². The van der Waals surface area contributed by atoms with Gasteiger partial charge in [0.2, 0.25) is 5.91 Å². The van der Waals surface area contributed by atoms with Crippen LogP contribution in [0.3, 0.4) is 0 Å². The van der Waals surface area contributed by atoms with Crippen LogP contribution in [0.25, 0.3) is 0 Å². The first kappa shape index (κ1) is 17.4. The Morgan fingerprint density at radius 3 is 2.38 bits per heavy atom. The number of hydrogen-bond acceptors (Lipinski definition) is 6. The molecule has 1 fully saturated rings. The van der Waals surface area contributed by atoms with Gasteiger partial charge in [0.05, 0.1) is 19.1 Å². The number of aliphatic carboxylic acids is 1. The summed E-state index contributed by atoms with van der Waals surface area (Å²) in [6.45, 7) is -0.628. The molecule has 0 spiro atoms. The van der Waals surface area contributed by atoms with Gasteiger partial charge in [0.1, 0.15) is 6.10 Å². The van der Waals surface area contributed by atoms with Crippen LogP contribution in [0.5, 0.6) is 0 Å². The molecule has 0 aromatic rings. The van der Waals surface area contributed by atoms with Gasteiger partial charge in [-0.3, -0.25) is 9.59 Å². The zero-order valence-corrected chi connectivity index (χ0v) is 11.8. The van der Waals surface area contributed by atoms with Crippen LogP contribution in [-0.2, 0) is 19.1 Å². The van der Waals surface area contributed by atoms with Crippen molar-refractivity contribution in [2.24, 2.45) is 5.73 Å². The van der Waals surface area contributed by atoms with Crippen molar-refractivity contribution in [1.82, 2.24) is 5.32 Å². The van der Waals surface area contributed by atoms with E-state index in [1.54, 1.807) is 0 Å². The second-order valence-electron chi connectivity index (χ2n) is 5.15. The Balaban J connectivity index is 2.46. The molecule has 1 saturated carbocycles. The smallest absolute Gasteiger partial charge is 0.331 e. The third-order valence-electron chi connectivity index (χ3n) is 3.35. The molecule has 0 bridgehead atoms. The fourth-order valence-corrected chi connectivity index (χ4v) is 2.17. The average molecular weight is 302 g/mol. The van der Waals surface area contributed by atoms with Crippen LogP contribution in [0.2, 0.25) is 0 Å². The van der Waals surface area contributed by atoms with Crippen LogP contribution in [0.15, 0.2) is 0 Å². The van der Waals surface area contributed by atoms with E-state index in [4.69, 9.17) is 20.7 Å². The summed E-state index contributed by atoms with van der Waals surface area (Å²) < 4.78 is 5.24. The number of carbonyl (C=O) groups is 3. The maximum atomic E-state index is 11.9. The number of aliphatic hydroxyl groups is 1. The zero-order chi connectivity index (χ0) is 15.8. The van der Waals surface area contributed by atoms with E-state index in [9.17, 15) is 14.4 Å². The number of ether oxygens (including phenoxy) is 1. The van der Waals surface area contributed by atoms with Crippen molar-refractivity contribution in [2.45, 2.75) is 56.7 Å². The van der Waals surface area contributed by atoms with Crippen LogP contribution in [0.1, 0.15) is 38.5 Å². The topological polar surface area (TPSA) is 139 Å². The molecule has 21 heavy (non-hydrogen) atoms. The first-order valence-corrected chi connectivity index (χ1v) is 7.03. The number of esters is 1. The molecule has 0 radical (unpaired) electrons. The minimum atomic E-state index is -1.28. The van der Waals surface area contributed by atoms with Crippen LogP contribution in [-0.4, -0.2) is 52.9 Å². The summed E-state index contributed by atoms with van der Waals surface area (Å²) in [6.07, 6.45) is 3.88. The number of hydrogen-bond donors (Lipinski definition) is 4. The quantitative estimate of drug-likeness (QED) is 0.449. The SMILES string of the molecule is N[C@@H](CC(=O)O)C(=O)N[C@@H](CO)C(=O)OC1CCCCC1. The van der Waals surface area contributed by atoms with E-state index in [1.807, 2.05) is 0 Å². The summed E-state index contributed by atoms with van der Waals surface area (Å²) >= 11 is 0. The van der Waals surface area contributed by atoms with Crippen LogP contribution < -0.4 is 11.1 Å². The Labute approximate surface area is 122 Å². The first-order chi connectivity index (χ1) is 9.93. The Morgan fingerprint density at radius 1 is 1.24 bits per heavy atom. The highest BCUT2D eigenvalue weighted by molar-refractivity contribution is 5.89. The summed E-state index contributed by atoms with van der Waals surface area (Å²) in [5.41, 5.74) is 5.38. The van der Waals surface area contributed by atoms with Gasteiger partial charge < -0.3 is 26.0 Å². The van der Waals surface area contributed by atoms with E-state index < -0.39 is 43.0 Å². The molecule has 0 aliphatic heterocycles. The number of nitrogens with two attached hydrogens (primary N) is 1. The predicted octanol–water partition coefficient (Wildman–Crippen LogP) is -0.859. The lowest BCUT2D eigenvalue weighted by molar-refractivity contribution is -0.155. The first-order valence-electron chi connectivity index (χ1n) is 7.03. The van der Waals surface area contributed by atoms with Gasteiger partial charge in [0.25, 0.3) is 0 Å². The molecule has 1 aliphatic rings. The van der Waals surface area contributed by atoms with Gasteiger partial charge in [-0.15, -0.1) is 0 Å². The van der Waals surface area contributed by atoms with Crippen molar-refractivity contribution in [3.05, 3.63) is 0 Å². The van der Waals surface area contributed by atoms with Gasteiger partial charge in [-0.05, 0) is 25.7 Å². The summed E-state index contributed by atoms with van der Waals surface area (Å²) in [5, 5.41) is 19.9. The van der Waals surface area contributed by atoms with Crippen molar-refractivity contribution in [1.29, 1.82) is 0 Å². The monoisotopic (exact) mass is 302 g/mol. The van der Waals surface area contributed by atoms with E-state index in [0.29, 0.717) is 0 Å². The van der Waals surface area contributed by atoms with E-state index in [2.05, 4.69) is 5.32 Å². The van der Waals surface area contributed by atoms with Gasteiger partial charge >= 0.3 is 11.9 Å². The summed E-state index contributed by atoms with van der Waals surface area (Å²) in [6, 6.07) is -2.50. The number of carbonyl (C=O) groups excluding carboxylic acids is 2. The van der Waals surface area contributed by atoms with Crippen molar-refractivity contribution < 1.29 is 29.3 Å². The molecule has 1 amide bonds. The molecule has 8 nitrogen and oxygen atoms in total. The minimum absolute atomic E-state index is 0.190. The summed E-state index contributed by atoms with van der Waals surface area (Å²) in [4.78, 5) is 34.0. The fraction of sp³-hybridized carbons (Fsp3) is 0.769. The highest BCUT2D eigenvalue weighted by Crippen LogP contribution is 2.20. The Hall–Kier alpha value is -1.67. The number of nitrogens with one attached hydrogen (secondary N) is 1. The van der Waals surface area contributed by atoms with Crippen molar-refractivity contribution in [2.75, 3.05) is 6.61 Å². The second kappa shape index (κ2) is 8.58. The Bertz CT molecular complexity index is 381. The standard InChI is InChI=1S/C13H22N2O6/c14-9(6-11(17)18)12(19)15-10(7-16)13(20)21-8-4-2-1-3-5-8/h8-10,16H,1-7,14H2,(H,15,19)(H,17,18)/t9-,10-/m0/s1. The normalized spacial score (nSPS) is 18.6. The lowest BCUT2D eigenvalue weighted by Gasteiger charge is -2.24. The van der Waals surface area contributed by atoms with E-state index in [1.165, 1.54) is 0 Å². The number of carboxylic acids is 1. The number of aliphatic hydroxyl groups excluding tert-OH is 1. The fourth-order valence-electron chi connectivity index (χ4n) is 2.17.